The number of nitrogens with zero attached hydrogens (tertiary/aromatic N) is 6. The van der Waals surface area contributed by atoms with Gasteiger partial charge in [0.05, 0.1) is 24.6 Å². The lowest BCUT2D eigenvalue weighted by atomic mass is 9.88. The minimum absolute atomic E-state index is 0.150. The van der Waals surface area contributed by atoms with Crippen LogP contribution in [0.5, 0.6) is 0 Å². The third-order valence-corrected chi connectivity index (χ3v) is 4.85. The van der Waals surface area contributed by atoms with Crippen molar-refractivity contribution in [3.8, 4) is 0 Å². The molecule has 136 valence electrons. The fourth-order valence-corrected chi connectivity index (χ4v) is 3.52. The molecule has 1 aliphatic rings. The number of hydrogen-bond donors (Lipinski definition) is 2. The number of aromatic nitrogens is 5. The fourth-order valence-electron chi connectivity index (χ4n) is 3.52. The van der Waals surface area contributed by atoms with Crippen LogP contribution in [-0.2, 0) is 0 Å². The van der Waals surface area contributed by atoms with Gasteiger partial charge in [0, 0.05) is 6.54 Å². The number of nitrogen functional groups attached to an aromatic ring is 1. The fraction of sp³-hybridized carbons (Fsp3) is 0.438. The van der Waals surface area contributed by atoms with Crippen LogP contribution in [0.25, 0.3) is 11.2 Å². The predicted octanol–water partition coefficient (Wildman–Crippen LogP) is 0.543. The molecule has 0 unspecified atom stereocenters. The SMILES string of the molecule is Cc1ncoc1C(=O)N1CC[C@@H](n2cnc3c(N)ncnc32)[C@](C)(O)C1. The molecular weight excluding hydrogens is 338 g/mol. The normalized spacial score (nSPS) is 23.5. The maximum atomic E-state index is 12.6. The number of oxazole rings is 1. The van der Waals surface area contributed by atoms with Gasteiger partial charge in [0.15, 0.2) is 17.9 Å². The predicted molar refractivity (Wildman–Crippen MR) is 91.2 cm³/mol. The van der Waals surface area contributed by atoms with Crippen LogP contribution >= 0.6 is 0 Å². The molecule has 0 spiro atoms. The van der Waals surface area contributed by atoms with Crippen LogP contribution in [0.2, 0.25) is 0 Å². The average molecular weight is 357 g/mol. The van der Waals surface area contributed by atoms with Crippen molar-refractivity contribution in [1.82, 2.24) is 29.4 Å². The Morgan fingerprint density at radius 1 is 1.38 bits per heavy atom. The zero-order valence-corrected chi connectivity index (χ0v) is 14.5. The van der Waals surface area contributed by atoms with E-state index in [9.17, 15) is 9.90 Å². The van der Waals surface area contributed by atoms with Crippen molar-refractivity contribution in [1.29, 1.82) is 0 Å². The second-order valence-electron chi connectivity index (χ2n) is 6.74. The molecule has 4 rings (SSSR count). The summed E-state index contributed by atoms with van der Waals surface area (Å²) in [6, 6.07) is -0.304. The number of hydrogen-bond acceptors (Lipinski definition) is 8. The Morgan fingerprint density at radius 3 is 2.88 bits per heavy atom. The summed E-state index contributed by atoms with van der Waals surface area (Å²) in [4.78, 5) is 30.6. The standard InChI is InChI=1S/C16H19N7O3/c1-9-12(26-8-21-9)15(24)22-4-3-10(16(2,25)5-22)23-7-20-11-13(17)18-6-19-14(11)23/h6-8,10,25H,3-5H2,1-2H3,(H2,17,18,19)/t10-,16-/m1/s1. The Hall–Kier alpha value is -3.01. The smallest absolute Gasteiger partial charge is 0.291 e. The van der Waals surface area contributed by atoms with Crippen molar-refractivity contribution >= 4 is 22.9 Å². The molecule has 10 nitrogen and oxygen atoms in total. The molecule has 1 saturated heterocycles. The van der Waals surface area contributed by atoms with Gasteiger partial charge in [0.25, 0.3) is 5.91 Å². The van der Waals surface area contributed by atoms with Crippen molar-refractivity contribution in [2.45, 2.75) is 31.9 Å². The van der Waals surface area contributed by atoms with E-state index in [-0.39, 0.29) is 24.3 Å². The zero-order valence-electron chi connectivity index (χ0n) is 14.5. The molecule has 1 amide bonds. The molecule has 4 heterocycles. The Kier molecular flexibility index (Phi) is 3.65. The van der Waals surface area contributed by atoms with Gasteiger partial charge in [-0.2, -0.15) is 0 Å². The molecule has 0 radical (unpaired) electrons. The van der Waals surface area contributed by atoms with Crippen LogP contribution in [0.3, 0.4) is 0 Å². The van der Waals surface area contributed by atoms with Crippen molar-refractivity contribution in [3.63, 3.8) is 0 Å². The highest BCUT2D eigenvalue weighted by Gasteiger charge is 2.42. The van der Waals surface area contributed by atoms with Crippen molar-refractivity contribution in [2.75, 3.05) is 18.8 Å². The van der Waals surface area contributed by atoms with Crippen molar-refractivity contribution in [3.05, 3.63) is 30.5 Å². The minimum Gasteiger partial charge on any atom is -0.438 e. The largest absolute Gasteiger partial charge is 0.438 e. The van der Waals surface area contributed by atoms with Gasteiger partial charge < -0.3 is 24.7 Å². The van der Waals surface area contributed by atoms with E-state index >= 15 is 0 Å². The summed E-state index contributed by atoms with van der Waals surface area (Å²) in [6.07, 6.45) is 4.75. The van der Waals surface area contributed by atoms with Gasteiger partial charge in [-0.1, -0.05) is 0 Å². The van der Waals surface area contributed by atoms with Gasteiger partial charge in [0.1, 0.15) is 17.4 Å². The Bertz CT molecular complexity index is 977. The maximum absolute atomic E-state index is 12.6. The number of fused-ring (bicyclic) bond motifs is 1. The van der Waals surface area contributed by atoms with E-state index in [4.69, 9.17) is 10.2 Å². The highest BCUT2D eigenvalue weighted by molar-refractivity contribution is 5.92. The number of imidazole rings is 1. The maximum Gasteiger partial charge on any atom is 0.291 e. The Labute approximate surface area is 148 Å². The summed E-state index contributed by atoms with van der Waals surface area (Å²) in [5.74, 6) is 0.218. The summed E-state index contributed by atoms with van der Waals surface area (Å²) in [5.41, 5.74) is 6.25. The number of nitrogens with two attached hydrogens (primary N) is 1. The molecule has 3 aromatic heterocycles. The van der Waals surface area contributed by atoms with Crippen LogP contribution in [0.1, 0.15) is 35.6 Å². The molecule has 3 aromatic rings. The summed E-state index contributed by atoms with van der Waals surface area (Å²) >= 11 is 0. The lowest BCUT2D eigenvalue weighted by Crippen LogP contribution is -2.54. The van der Waals surface area contributed by atoms with Crippen molar-refractivity contribution < 1.29 is 14.3 Å². The van der Waals surface area contributed by atoms with E-state index in [0.717, 1.165) is 0 Å². The van der Waals surface area contributed by atoms with Gasteiger partial charge in [0.2, 0.25) is 5.76 Å². The lowest BCUT2D eigenvalue weighted by molar-refractivity contribution is -0.0485. The van der Waals surface area contributed by atoms with Gasteiger partial charge in [-0.25, -0.2) is 19.9 Å². The Balaban J connectivity index is 1.62. The lowest BCUT2D eigenvalue weighted by Gasteiger charge is -2.43. The van der Waals surface area contributed by atoms with Gasteiger partial charge in [-0.15, -0.1) is 0 Å². The van der Waals surface area contributed by atoms with Gasteiger partial charge in [-0.3, -0.25) is 4.79 Å². The van der Waals surface area contributed by atoms with E-state index in [1.54, 1.807) is 29.6 Å². The van der Waals surface area contributed by atoms with Crippen LogP contribution < -0.4 is 5.73 Å². The van der Waals surface area contributed by atoms with E-state index < -0.39 is 5.60 Å². The van der Waals surface area contributed by atoms with Gasteiger partial charge in [-0.05, 0) is 20.3 Å². The molecule has 0 saturated carbocycles. The summed E-state index contributed by atoms with van der Waals surface area (Å²) in [6.45, 7) is 4.01. The highest BCUT2D eigenvalue weighted by atomic mass is 16.4. The molecule has 0 aliphatic carbocycles. The van der Waals surface area contributed by atoms with Crippen LogP contribution in [0.15, 0.2) is 23.5 Å². The van der Waals surface area contributed by atoms with Crippen LogP contribution in [0, 0.1) is 6.92 Å². The first kappa shape index (κ1) is 16.5. The molecule has 2 atom stereocenters. The quantitative estimate of drug-likeness (QED) is 0.678. The number of aryl methyl sites for hydroxylation is 1. The molecule has 1 aliphatic heterocycles. The number of aliphatic hydroxyl groups is 1. The topological polar surface area (TPSA) is 136 Å². The second-order valence-corrected chi connectivity index (χ2v) is 6.74. The van der Waals surface area contributed by atoms with E-state index in [0.29, 0.717) is 35.6 Å². The molecular formula is C16H19N7O3. The molecule has 26 heavy (non-hydrogen) atoms. The second kappa shape index (κ2) is 5.77. The molecule has 0 aromatic carbocycles. The number of carbonyl (C=O) groups is 1. The van der Waals surface area contributed by atoms with Crippen LogP contribution in [0.4, 0.5) is 5.82 Å². The van der Waals surface area contributed by atoms with Crippen molar-refractivity contribution in [2.24, 2.45) is 0 Å². The summed E-state index contributed by atoms with van der Waals surface area (Å²) in [7, 11) is 0. The third-order valence-electron chi connectivity index (χ3n) is 4.85. The van der Waals surface area contributed by atoms with E-state index in [1.165, 1.54) is 12.7 Å². The minimum atomic E-state index is -1.19. The zero-order chi connectivity index (χ0) is 18.5. The number of β-amino-alcohol motifs (C(OH)–C–C–N with tert-alkyl or cyclic N) is 1. The molecule has 1 fully saturated rings. The monoisotopic (exact) mass is 357 g/mol. The molecule has 3 N–H and O–H groups in total. The number of anilines is 1. The highest BCUT2D eigenvalue weighted by Crippen LogP contribution is 2.34. The number of carbonyl (C=O) groups excluding carboxylic acids is 1. The average Bonchev–Trinajstić information content (AvgIpc) is 3.20. The Morgan fingerprint density at radius 2 is 2.19 bits per heavy atom. The number of piperidine rings is 1. The summed E-state index contributed by atoms with van der Waals surface area (Å²) < 4.78 is 6.99. The molecule has 10 heteroatoms. The van der Waals surface area contributed by atoms with E-state index in [1.807, 2.05) is 0 Å². The first-order chi connectivity index (χ1) is 12.4. The molecule has 0 bridgehead atoms. The van der Waals surface area contributed by atoms with Crippen LogP contribution in [-0.4, -0.2) is 59.1 Å². The first-order valence-electron chi connectivity index (χ1n) is 8.23. The van der Waals surface area contributed by atoms with E-state index in [2.05, 4.69) is 19.9 Å². The van der Waals surface area contributed by atoms with Gasteiger partial charge >= 0.3 is 0 Å². The number of likely N-dealkylation sites (tertiary alicyclic amines) is 1. The number of amides is 1. The first-order valence-corrected chi connectivity index (χ1v) is 8.23. The summed E-state index contributed by atoms with van der Waals surface area (Å²) in [5, 5.41) is 11.1. The third kappa shape index (κ3) is 2.49. The number of rotatable bonds is 2.